The minimum absolute atomic E-state index is 0. The van der Waals surface area contributed by atoms with Crippen molar-refractivity contribution in [2.75, 3.05) is 0 Å². The van der Waals surface area contributed by atoms with E-state index >= 15 is 0 Å². The zero-order valence-electron chi connectivity index (χ0n) is 43.7. The Labute approximate surface area is 479 Å². The van der Waals surface area contributed by atoms with Gasteiger partial charge in [-0.05, 0) is 114 Å². The van der Waals surface area contributed by atoms with Crippen molar-refractivity contribution >= 4 is 10.8 Å². The summed E-state index contributed by atoms with van der Waals surface area (Å²) in [5.74, 6) is 1.89. The number of nitrogens with zero attached hydrogens (tertiary/aromatic N) is 5. The van der Waals surface area contributed by atoms with Gasteiger partial charge in [0.25, 0.3) is 0 Å². The van der Waals surface area contributed by atoms with E-state index in [9.17, 15) is 0 Å². The molecule has 4 aromatic heterocycles. The van der Waals surface area contributed by atoms with Crippen LogP contribution in [0.3, 0.4) is 0 Å². The smallest absolute Gasteiger partial charge is 0.477 e. The second kappa shape index (κ2) is 22.7. The Kier molecular flexibility index (Phi) is 14.4. The van der Waals surface area contributed by atoms with Crippen molar-refractivity contribution in [3.8, 4) is 123 Å². The van der Waals surface area contributed by atoms with E-state index in [2.05, 4.69) is 190 Å². The molecular weight excluding hydrogens is 1160 g/mol. The van der Waals surface area contributed by atoms with Crippen molar-refractivity contribution in [2.45, 2.75) is 13.8 Å². The Morgan fingerprint density at radius 3 is 1.27 bits per heavy atom. The zero-order valence-corrected chi connectivity index (χ0v) is 46.1. The molecule has 0 atom stereocenters. The number of pyridine rings is 3. The number of aryl methyl sites for hydroxylation is 2. The molecule has 6 nitrogen and oxygen atoms in total. The summed E-state index contributed by atoms with van der Waals surface area (Å²) in [6.07, 6.45) is 9.65. The summed E-state index contributed by atoms with van der Waals surface area (Å²) in [6.45, 7) is 4.18. The van der Waals surface area contributed by atoms with Crippen LogP contribution in [-0.2, 0) is 20.1 Å². The second-order valence-corrected chi connectivity index (χ2v) is 19.6. The van der Waals surface area contributed by atoms with Gasteiger partial charge in [0.2, 0.25) is 0 Å². The predicted molar refractivity (Wildman–Crippen MR) is 320 cm³/mol. The minimum Gasteiger partial charge on any atom is -0.477 e. The van der Waals surface area contributed by atoms with Crippen LogP contribution in [0.4, 0.5) is 0 Å². The van der Waals surface area contributed by atoms with E-state index < -0.39 is 0 Å². The molecule has 13 aromatic rings. The molecule has 0 unspecified atom stereocenters. The van der Waals surface area contributed by atoms with E-state index in [1.165, 1.54) is 11.1 Å². The fourth-order valence-electron chi connectivity index (χ4n) is 10.3. The van der Waals surface area contributed by atoms with Crippen LogP contribution in [0.5, 0.6) is 11.5 Å². The number of benzene rings is 9. The maximum atomic E-state index is 6.43. The van der Waals surface area contributed by atoms with E-state index in [0.29, 0.717) is 17.3 Å². The van der Waals surface area contributed by atoms with Gasteiger partial charge in [-0.2, -0.15) is 0 Å². The average Bonchev–Trinajstić information content (AvgIpc) is 3.55. The zero-order chi connectivity index (χ0) is 53.1. The third-order valence-electron chi connectivity index (χ3n) is 14.2. The van der Waals surface area contributed by atoms with Crippen LogP contribution in [0.15, 0.2) is 255 Å². The summed E-state index contributed by atoms with van der Waals surface area (Å²) in [4.78, 5) is 24.5. The van der Waals surface area contributed by atoms with Crippen molar-refractivity contribution in [1.82, 2.24) is 24.9 Å². The summed E-state index contributed by atoms with van der Waals surface area (Å²) in [5.41, 5.74) is 21.1. The molecule has 80 heavy (non-hydrogen) atoms. The van der Waals surface area contributed by atoms with Crippen LogP contribution in [-0.4, -0.2) is 24.9 Å². The molecule has 0 fully saturated rings. The third-order valence-corrected chi connectivity index (χ3v) is 14.2. The van der Waals surface area contributed by atoms with E-state index in [0.717, 1.165) is 117 Å². The Balaban J connectivity index is 0.00000637. The third kappa shape index (κ3) is 10.8. The normalized spacial score (nSPS) is 11.0. The van der Waals surface area contributed by atoms with Gasteiger partial charge in [0.05, 0.1) is 11.5 Å². The Morgan fingerprint density at radius 1 is 0.300 bits per heavy atom. The summed E-state index contributed by atoms with van der Waals surface area (Å²) < 4.78 is 6.43. The van der Waals surface area contributed by atoms with Gasteiger partial charge in [-0.25, -0.2) is 0 Å². The van der Waals surface area contributed by atoms with Gasteiger partial charge in [-0.15, -0.1) is 94.5 Å². The van der Waals surface area contributed by atoms with Crippen LogP contribution >= 0.6 is 0 Å². The van der Waals surface area contributed by atoms with Crippen LogP contribution < -0.4 is 4.74 Å². The molecule has 0 bridgehead atoms. The van der Waals surface area contributed by atoms with Gasteiger partial charge in [-0.1, -0.05) is 153 Å². The molecule has 0 aliphatic rings. The molecule has 0 amide bonds. The molecule has 0 aliphatic heterocycles. The number of ether oxygens (including phenoxy) is 1. The first kappa shape index (κ1) is 51.0. The average molecular weight is 1200 g/mol. The SMILES string of the molecule is Cc1cc[c-]c(-c2ccc(-c3ccccc3-c3cc(-c4ccccc4-c4ccc(-c5[c-]ccc(C)c5)nc4)cc(-c4ccccc4-c4cnc(-c5[c-]ccc(Oc6cccc(-c7cc8ccccc8cn7)c6)c5)nc4)c3)cn2)c1.[Ir+3]. The van der Waals surface area contributed by atoms with Gasteiger partial charge < -0.3 is 14.7 Å². The topological polar surface area (TPSA) is 73.7 Å². The number of rotatable bonds is 12. The summed E-state index contributed by atoms with van der Waals surface area (Å²) in [7, 11) is 0. The molecule has 380 valence electrons. The minimum atomic E-state index is 0. The molecule has 9 aromatic carbocycles. The molecule has 0 N–H and O–H groups in total. The summed E-state index contributed by atoms with van der Waals surface area (Å²) >= 11 is 0. The Bertz CT molecular complexity index is 4220. The summed E-state index contributed by atoms with van der Waals surface area (Å²) in [5, 5.41) is 2.24. The molecule has 0 saturated carbocycles. The largest absolute Gasteiger partial charge is 3.00 e. The van der Waals surface area contributed by atoms with Crippen molar-refractivity contribution in [2.24, 2.45) is 0 Å². The van der Waals surface area contributed by atoms with Crippen LogP contribution in [0.1, 0.15) is 11.1 Å². The monoisotopic (exact) mass is 1200 g/mol. The fraction of sp³-hybridized carbons (Fsp3) is 0.0274. The van der Waals surface area contributed by atoms with Gasteiger partial charge in [-0.3, -0.25) is 15.0 Å². The molecule has 4 heterocycles. The van der Waals surface area contributed by atoms with Crippen molar-refractivity contribution < 1.29 is 24.8 Å². The predicted octanol–water partition coefficient (Wildman–Crippen LogP) is 18.3. The first-order valence-electron chi connectivity index (χ1n) is 26.2. The second-order valence-electron chi connectivity index (χ2n) is 19.6. The number of hydrogen-bond donors (Lipinski definition) is 0. The van der Waals surface area contributed by atoms with Crippen molar-refractivity contribution in [3.63, 3.8) is 0 Å². The van der Waals surface area contributed by atoms with E-state index in [-0.39, 0.29) is 20.1 Å². The maximum Gasteiger partial charge on any atom is 3.00 e. The van der Waals surface area contributed by atoms with Crippen molar-refractivity contribution in [3.05, 3.63) is 285 Å². The molecular formula is C73H48IrN5O. The first-order valence-corrected chi connectivity index (χ1v) is 26.2. The van der Waals surface area contributed by atoms with Gasteiger partial charge in [0.15, 0.2) is 0 Å². The molecule has 7 heteroatoms. The van der Waals surface area contributed by atoms with E-state index in [1.807, 2.05) is 97.7 Å². The molecule has 0 spiro atoms. The number of fused-ring (bicyclic) bond motifs is 1. The molecule has 0 radical (unpaired) electrons. The van der Waals surface area contributed by atoms with Crippen LogP contribution in [0.25, 0.3) is 123 Å². The van der Waals surface area contributed by atoms with Gasteiger partial charge in [0.1, 0.15) is 5.75 Å². The molecule has 0 saturated heterocycles. The van der Waals surface area contributed by atoms with E-state index in [4.69, 9.17) is 29.7 Å². The van der Waals surface area contributed by atoms with Crippen LogP contribution in [0, 0.1) is 32.0 Å². The van der Waals surface area contributed by atoms with Crippen LogP contribution in [0.2, 0.25) is 0 Å². The Morgan fingerprint density at radius 2 is 0.750 bits per heavy atom. The number of aromatic nitrogens is 5. The molecule has 13 rings (SSSR count). The number of hydrogen-bond acceptors (Lipinski definition) is 6. The standard InChI is InChI=1S/C73H48N5O.Ir/c1-48-15-11-19-51(35-48)70-33-31-56(44-74-70)64-25-5-7-27-66(64)58-37-59(67-28-8-6-26-65(67)57-32-34-71(75-45-57)52-20-12-16-49(2)36-52)39-60(38-58)68-29-9-10-30-69(68)61-46-77-73(78-47-61)54-22-14-24-63(41-54)79-62-23-13-21-53(40-62)72-42-50-17-3-4-18-55(50)43-76-72;/h3-18,21,23-47H,1-2H3;/q-3;+3. The molecule has 0 aliphatic carbocycles. The van der Waals surface area contributed by atoms with Crippen molar-refractivity contribution in [1.29, 1.82) is 0 Å². The first-order chi connectivity index (χ1) is 38.9. The van der Waals surface area contributed by atoms with Gasteiger partial charge in [0, 0.05) is 53.2 Å². The van der Waals surface area contributed by atoms with E-state index in [1.54, 1.807) is 0 Å². The summed E-state index contributed by atoms with van der Waals surface area (Å²) in [6, 6.07) is 87.3. The van der Waals surface area contributed by atoms with Gasteiger partial charge >= 0.3 is 20.1 Å². The maximum absolute atomic E-state index is 6.43. The fourth-order valence-corrected chi connectivity index (χ4v) is 10.3. The Hall–Kier alpha value is -9.78. The quantitative estimate of drug-likeness (QED) is 0.114.